The van der Waals surface area contributed by atoms with Crippen molar-refractivity contribution in [2.24, 2.45) is 5.41 Å². The van der Waals surface area contributed by atoms with Gasteiger partial charge in [-0.15, -0.1) is 0 Å². The van der Waals surface area contributed by atoms with E-state index in [2.05, 4.69) is 15.6 Å². The molecule has 0 spiro atoms. The van der Waals surface area contributed by atoms with E-state index in [1.165, 1.54) is 18.0 Å². The number of amides is 2. The lowest BCUT2D eigenvalue weighted by atomic mass is 9.86. The van der Waals surface area contributed by atoms with Crippen molar-refractivity contribution in [1.82, 2.24) is 15.6 Å². The molecule has 0 aliphatic carbocycles. The van der Waals surface area contributed by atoms with Crippen molar-refractivity contribution in [2.75, 3.05) is 38.3 Å². The van der Waals surface area contributed by atoms with Crippen LogP contribution in [0.15, 0.2) is 12.1 Å². The molecule has 3 heterocycles. The van der Waals surface area contributed by atoms with Crippen LogP contribution in [0, 0.1) is 5.41 Å². The van der Waals surface area contributed by atoms with Gasteiger partial charge in [-0.05, 0) is 30.4 Å². The first-order valence-electron chi connectivity index (χ1n) is 10.4. The third-order valence-electron chi connectivity index (χ3n) is 5.34. The molecule has 2 fully saturated rings. The molecule has 0 saturated carbocycles. The standard InChI is InChI=1S/C21H30F2N4O4/c1-20(2,3)16(18(29)24-4)26-17(28)14-7-8-15(27-11-21(22,23)12-27)19(25-14)31-10-13-6-5-9-30-13/h7-8,13,16H,5-6,9-12H2,1-4H3,(H,24,29)(H,26,28)/t13?,16-/m1/s1. The van der Waals surface area contributed by atoms with E-state index in [1.807, 2.05) is 20.8 Å². The second kappa shape index (κ2) is 8.94. The average molecular weight is 440 g/mol. The van der Waals surface area contributed by atoms with E-state index in [0.717, 1.165) is 12.8 Å². The summed E-state index contributed by atoms with van der Waals surface area (Å²) in [7, 11) is 1.50. The van der Waals surface area contributed by atoms with E-state index < -0.39 is 36.4 Å². The van der Waals surface area contributed by atoms with Crippen molar-refractivity contribution in [2.45, 2.75) is 51.7 Å². The van der Waals surface area contributed by atoms with Crippen LogP contribution in [0.5, 0.6) is 5.88 Å². The summed E-state index contributed by atoms with van der Waals surface area (Å²) >= 11 is 0. The monoisotopic (exact) mass is 440 g/mol. The minimum absolute atomic E-state index is 0.0385. The summed E-state index contributed by atoms with van der Waals surface area (Å²) < 4.78 is 38.1. The SMILES string of the molecule is CNC(=O)[C@@H](NC(=O)c1ccc(N2CC(F)(F)C2)c(OCC2CCCO2)n1)C(C)(C)C. The molecule has 31 heavy (non-hydrogen) atoms. The second-order valence-electron chi connectivity index (χ2n) is 9.07. The number of carbonyl (C=O) groups is 2. The first-order valence-corrected chi connectivity index (χ1v) is 10.4. The lowest BCUT2D eigenvalue weighted by molar-refractivity contribution is -0.124. The van der Waals surface area contributed by atoms with Crippen molar-refractivity contribution in [3.05, 3.63) is 17.8 Å². The van der Waals surface area contributed by atoms with Gasteiger partial charge in [0.15, 0.2) is 0 Å². The number of nitrogens with one attached hydrogen (secondary N) is 2. The van der Waals surface area contributed by atoms with Crippen LogP contribution in [0.2, 0.25) is 0 Å². The quantitative estimate of drug-likeness (QED) is 0.674. The number of nitrogens with zero attached hydrogens (tertiary/aromatic N) is 2. The van der Waals surface area contributed by atoms with E-state index >= 15 is 0 Å². The Kier molecular flexibility index (Phi) is 6.68. The van der Waals surface area contributed by atoms with Crippen LogP contribution < -0.4 is 20.3 Å². The van der Waals surface area contributed by atoms with Gasteiger partial charge in [-0.25, -0.2) is 13.8 Å². The number of anilines is 1. The topological polar surface area (TPSA) is 92.8 Å². The van der Waals surface area contributed by atoms with Crippen molar-refractivity contribution in [3.63, 3.8) is 0 Å². The number of pyridine rings is 1. The maximum atomic E-state index is 13.4. The molecule has 10 heteroatoms. The summed E-state index contributed by atoms with van der Waals surface area (Å²) in [5, 5.41) is 5.26. The number of rotatable bonds is 7. The van der Waals surface area contributed by atoms with Gasteiger partial charge in [-0.1, -0.05) is 20.8 Å². The van der Waals surface area contributed by atoms with Crippen LogP contribution in [0.4, 0.5) is 14.5 Å². The van der Waals surface area contributed by atoms with Crippen molar-refractivity contribution in [1.29, 1.82) is 0 Å². The fraction of sp³-hybridized carbons (Fsp3) is 0.667. The Morgan fingerprint density at radius 1 is 1.35 bits per heavy atom. The number of carbonyl (C=O) groups excluding carboxylic acids is 2. The van der Waals surface area contributed by atoms with Gasteiger partial charge in [0.25, 0.3) is 11.8 Å². The highest BCUT2D eigenvalue weighted by Gasteiger charge is 2.45. The zero-order valence-electron chi connectivity index (χ0n) is 18.3. The van der Waals surface area contributed by atoms with Crippen LogP contribution in [0.1, 0.15) is 44.1 Å². The number of alkyl halides is 2. The molecule has 2 saturated heterocycles. The second-order valence-corrected chi connectivity index (χ2v) is 9.07. The normalized spacial score (nSPS) is 21.2. The Morgan fingerprint density at radius 3 is 2.61 bits per heavy atom. The molecule has 1 unspecified atom stereocenters. The van der Waals surface area contributed by atoms with E-state index in [0.29, 0.717) is 12.3 Å². The summed E-state index contributed by atoms with van der Waals surface area (Å²) in [4.78, 5) is 30.8. The maximum absolute atomic E-state index is 13.4. The fourth-order valence-corrected chi connectivity index (χ4v) is 3.56. The molecule has 2 atom stereocenters. The van der Waals surface area contributed by atoms with E-state index in [4.69, 9.17) is 9.47 Å². The van der Waals surface area contributed by atoms with Crippen molar-refractivity contribution < 1.29 is 27.8 Å². The average Bonchev–Trinajstić information content (AvgIpc) is 3.20. The third kappa shape index (κ3) is 5.61. The largest absolute Gasteiger partial charge is 0.473 e. The molecular formula is C21H30F2N4O4. The highest BCUT2D eigenvalue weighted by atomic mass is 19.3. The smallest absolute Gasteiger partial charge is 0.282 e. The van der Waals surface area contributed by atoms with Gasteiger partial charge in [-0.3, -0.25) is 9.59 Å². The molecule has 2 aliphatic rings. The summed E-state index contributed by atoms with van der Waals surface area (Å²) in [6, 6.07) is 2.22. The van der Waals surface area contributed by atoms with Crippen LogP contribution in [-0.2, 0) is 9.53 Å². The Morgan fingerprint density at radius 2 is 2.06 bits per heavy atom. The van der Waals surface area contributed by atoms with Gasteiger partial charge in [0, 0.05) is 13.7 Å². The Labute approximate surface area is 180 Å². The number of likely N-dealkylation sites (N-methyl/N-ethyl adjacent to an activating group) is 1. The van der Waals surface area contributed by atoms with Crippen LogP contribution in [0.25, 0.3) is 0 Å². The Hall–Kier alpha value is -2.49. The number of hydrogen-bond acceptors (Lipinski definition) is 6. The summed E-state index contributed by atoms with van der Waals surface area (Å²) in [5.41, 5.74) is -0.0893. The summed E-state index contributed by atoms with van der Waals surface area (Å²) in [6.45, 7) is 5.53. The van der Waals surface area contributed by atoms with Gasteiger partial charge in [0.05, 0.1) is 19.2 Å². The Bertz CT molecular complexity index is 814. The van der Waals surface area contributed by atoms with Gasteiger partial charge < -0.3 is 25.0 Å². The zero-order chi connectivity index (χ0) is 22.8. The third-order valence-corrected chi connectivity index (χ3v) is 5.34. The van der Waals surface area contributed by atoms with Gasteiger partial charge >= 0.3 is 0 Å². The molecule has 2 aliphatic heterocycles. The number of aromatic nitrogens is 1. The molecule has 3 rings (SSSR count). The molecule has 0 radical (unpaired) electrons. The predicted molar refractivity (Wildman–Crippen MR) is 111 cm³/mol. The van der Waals surface area contributed by atoms with Crippen LogP contribution in [-0.4, -0.2) is 68.2 Å². The summed E-state index contributed by atoms with van der Waals surface area (Å²) in [5.74, 6) is -3.53. The minimum Gasteiger partial charge on any atom is -0.473 e. The molecule has 1 aromatic heterocycles. The van der Waals surface area contributed by atoms with Crippen molar-refractivity contribution >= 4 is 17.5 Å². The highest BCUT2D eigenvalue weighted by Crippen LogP contribution is 2.36. The molecule has 2 amide bonds. The Balaban J connectivity index is 1.80. The summed E-state index contributed by atoms with van der Waals surface area (Å²) in [6.07, 6.45) is 1.68. The van der Waals surface area contributed by atoms with E-state index in [-0.39, 0.29) is 30.2 Å². The molecule has 2 N–H and O–H groups in total. The van der Waals surface area contributed by atoms with Crippen molar-refractivity contribution in [3.8, 4) is 5.88 Å². The maximum Gasteiger partial charge on any atom is 0.282 e. The molecule has 1 aromatic rings. The van der Waals surface area contributed by atoms with Gasteiger partial charge in [0.2, 0.25) is 11.8 Å². The van der Waals surface area contributed by atoms with Gasteiger partial charge in [-0.2, -0.15) is 0 Å². The van der Waals surface area contributed by atoms with Crippen LogP contribution in [0.3, 0.4) is 0 Å². The zero-order valence-corrected chi connectivity index (χ0v) is 18.3. The van der Waals surface area contributed by atoms with E-state index in [9.17, 15) is 18.4 Å². The predicted octanol–water partition coefficient (Wildman–Crippen LogP) is 1.99. The number of ether oxygens (including phenoxy) is 2. The molecular weight excluding hydrogens is 410 g/mol. The first kappa shape index (κ1) is 23.2. The van der Waals surface area contributed by atoms with Crippen LogP contribution >= 0.6 is 0 Å². The highest BCUT2D eigenvalue weighted by molar-refractivity contribution is 5.96. The minimum atomic E-state index is -2.75. The molecule has 8 nitrogen and oxygen atoms in total. The first-order chi connectivity index (χ1) is 14.5. The molecule has 172 valence electrons. The number of hydrogen-bond donors (Lipinski definition) is 2. The van der Waals surface area contributed by atoms with Gasteiger partial charge in [0.1, 0.15) is 24.0 Å². The molecule has 0 aromatic carbocycles. The fourth-order valence-electron chi connectivity index (χ4n) is 3.56. The lowest BCUT2D eigenvalue weighted by Gasteiger charge is -2.40. The lowest BCUT2D eigenvalue weighted by Crippen LogP contribution is -2.56. The molecule has 0 bridgehead atoms. The van der Waals surface area contributed by atoms with E-state index in [1.54, 1.807) is 6.07 Å². The number of halogens is 2.